The van der Waals surface area contributed by atoms with Gasteiger partial charge in [0.15, 0.2) is 46.4 Å². The minimum Gasteiger partial charge on any atom is -0.449 e. The van der Waals surface area contributed by atoms with E-state index in [-0.39, 0.29) is 0 Å². The van der Waals surface area contributed by atoms with Crippen molar-refractivity contribution in [2.75, 3.05) is 0 Å². The van der Waals surface area contributed by atoms with Crippen LogP contribution in [0.2, 0.25) is 0 Å². The summed E-state index contributed by atoms with van der Waals surface area (Å²) in [4.78, 5) is 0. The third-order valence-electron chi connectivity index (χ3n) is 8.68. The number of ether oxygens (including phenoxy) is 1. The quantitative estimate of drug-likeness (QED) is 0.0925. The van der Waals surface area contributed by atoms with Gasteiger partial charge in [-0.1, -0.05) is 0 Å². The lowest BCUT2D eigenvalue weighted by atomic mass is 9.90. The molecule has 43 heteroatoms. The van der Waals surface area contributed by atoms with E-state index in [9.17, 15) is 176 Å². The molecule has 0 unspecified atom stereocenters. The number of benzene rings is 2. The summed E-state index contributed by atoms with van der Waals surface area (Å²) in [6.07, 6.45) is -16.6. The molecule has 2 aromatic rings. The predicted octanol–water partition coefficient (Wildman–Crippen LogP) is 16.6. The first kappa shape index (κ1) is 63.9. The maximum atomic E-state index is 15.1. The second kappa shape index (κ2) is 17.7. The molecule has 0 aromatic heterocycles. The highest BCUT2D eigenvalue weighted by Gasteiger charge is 2.95. The Morgan fingerprint density at radius 2 is 0.411 bits per heavy atom. The molecule has 0 aliphatic rings. The number of alkyl halides is 30. The zero-order valence-electron chi connectivity index (χ0n) is 31.3. The van der Waals surface area contributed by atoms with Crippen molar-refractivity contribution in [3.8, 4) is 11.5 Å². The zero-order chi connectivity index (χ0) is 58.9. The summed E-state index contributed by atoms with van der Waals surface area (Å²) in [5.74, 6) is -176. The van der Waals surface area contributed by atoms with E-state index < -0.39 is 176 Å². The third-order valence-corrected chi connectivity index (χ3v) is 8.68. The van der Waals surface area contributed by atoms with E-state index in [0.717, 1.165) is 0 Å². The average molecular weight is 1170 g/mol. The van der Waals surface area contributed by atoms with Gasteiger partial charge in [0.05, 0.1) is 11.1 Å². The van der Waals surface area contributed by atoms with Crippen LogP contribution < -0.4 is 4.74 Å². The Morgan fingerprint density at radius 3 is 0.616 bits per heavy atom. The smallest absolute Gasteiger partial charge is 0.449 e. The van der Waals surface area contributed by atoms with Gasteiger partial charge in [0, 0.05) is 0 Å². The number of hydrogen-bond acceptors (Lipinski definition) is 1. The summed E-state index contributed by atoms with van der Waals surface area (Å²) in [5, 5.41) is 0. The fraction of sp³-hybridized carbons (Fsp3) is 0.467. The molecule has 0 saturated heterocycles. The third kappa shape index (κ3) is 8.39. The highest BCUT2D eigenvalue weighted by Crippen LogP contribution is 2.66. The summed E-state index contributed by atoms with van der Waals surface area (Å²) >= 11 is 0. The Kier molecular flexibility index (Phi) is 15.5. The number of allylic oxidation sites excluding steroid dienone is 2. The first-order chi connectivity index (χ1) is 31.7. The van der Waals surface area contributed by atoms with Gasteiger partial charge in [-0.3, -0.25) is 0 Å². The van der Waals surface area contributed by atoms with Crippen molar-refractivity contribution in [3.05, 3.63) is 69.3 Å². The second-order valence-corrected chi connectivity index (χ2v) is 13.2. The first-order valence-corrected chi connectivity index (χ1v) is 15.8. The second-order valence-electron chi connectivity index (χ2n) is 13.2. The molecule has 73 heavy (non-hydrogen) atoms. The van der Waals surface area contributed by atoms with E-state index in [1.807, 2.05) is 0 Å². The van der Waals surface area contributed by atoms with Crippen molar-refractivity contribution in [1.29, 1.82) is 0 Å². The minimum absolute atomic E-state index is 3.04. The summed E-state index contributed by atoms with van der Waals surface area (Å²) < 4.78 is 585. The predicted molar refractivity (Wildman–Crippen MR) is 142 cm³/mol. The molecule has 0 radical (unpaired) electrons. The summed E-state index contributed by atoms with van der Waals surface area (Å²) in [7, 11) is 0. The lowest BCUT2D eigenvalue weighted by Gasteiger charge is -2.41. The van der Waals surface area contributed by atoms with Crippen molar-refractivity contribution in [1.82, 2.24) is 0 Å². The van der Waals surface area contributed by atoms with Crippen molar-refractivity contribution >= 4 is 11.7 Å². The van der Waals surface area contributed by atoms with E-state index in [0.29, 0.717) is 0 Å². The van der Waals surface area contributed by atoms with Gasteiger partial charge in [-0.2, -0.15) is 140 Å². The van der Waals surface area contributed by atoms with Crippen molar-refractivity contribution in [3.63, 3.8) is 0 Å². The molecule has 0 spiro atoms. The summed E-state index contributed by atoms with van der Waals surface area (Å²) in [6, 6.07) is 0. The van der Waals surface area contributed by atoms with Gasteiger partial charge in [-0.25, -0.2) is 43.9 Å². The van der Waals surface area contributed by atoms with Gasteiger partial charge in [0.2, 0.25) is 34.9 Å². The van der Waals surface area contributed by atoms with Crippen LogP contribution in [0.5, 0.6) is 11.5 Å². The highest BCUT2D eigenvalue weighted by atomic mass is 19.4. The van der Waals surface area contributed by atoms with Crippen LogP contribution in [-0.2, 0) is 0 Å². The Bertz CT molecular complexity index is 2370. The molecular weight excluding hydrogens is 1170 g/mol. The Balaban J connectivity index is 3.22. The van der Waals surface area contributed by atoms with Crippen LogP contribution in [0.4, 0.5) is 184 Å². The van der Waals surface area contributed by atoms with Crippen LogP contribution >= 0.6 is 0 Å². The van der Waals surface area contributed by atoms with Crippen molar-refractivity contribution in [2.24, 2.45) is 0 Å². The van der Waals surface area contributed by atoms with E-state index >= 15 is 8.78 Å². The fourth-order valence-corrected chi connectivity index (χ4v) is 4.61. The van der Waals surface area contributed by atoms with Gasteiger partial charge in [0.1, 0.15) is 0 Å². The SMILES string of the molecule is FC(=C(F)C(F)(F)C(F)(F)C(F)(F)C(F)(F)C(F)(F)C(F)(F)C(F)(F)F)c1c(F)c(F)c(F)c(F)c1Oc1c(F)c(F)c(F)c(F)c1C(F)=C(F)C(F)(F)C(F)(F)C(F)(F)C(F)(F)C(F)(F)C(F)(F)C(F)(F)F. The van der Waals surface area contributed by atoms with Gasteiger partial charge in [0.25, 0.3) is 0 Å². The van der Waals surface area contributed by atoms with Crippen molar-refractivity contribution in [2.45, 2.75) is 83.4 Å². The fourth-order valence-electron chi connectivity index (χ4n) is 4.61. The molecule has 2 aromatic carbocycles. The monoisotopic (exact) mass is 1170 g/mol. The topological polar surface area (TPSA) is 9.23 Å². The van der Waals surface area contributed by atoms with E-state index in [1.165, 1.54) is 0 Å². The first-order valence-electron chi connectivity index (χ1n) is 15.8. The molecule has 0 aliphatic heterocycles. The van der Waals surface area contributed by atoms with Gasteiger partial charge in [-0.05, 0) is 0 Å². The maximum absolute atomic E-state index is 15.1. The van der Waals surface area contributed by atoms with Gasteiger partial charge < -0.3 is 4.74 Å². The molecule has 0 saturated carbocycles. The normalized spacial score (nSPS) is 16.0. The molecule has 0 N–H and O–H groups in total. The maximum Gasteiger partial charge on any atom is 0.460 e. The molecular formula is C30F42O. The molecule has 0 fully saturated rings. The van der Waals surface area contributed by atoms with Crippen LogP contribution in [0.15, 0.2) is 11.7 Å². The zero-order valence-corrected chi connectivity index (χ0v) is 31.3. The molecule has 0 heterocycles. The largest absolute Gasteiger partial charge is 0.460 e. The average Bonchev–Trinajstić information content (AvgIpc) is 3.23. The lowest BCUT2D eigenvalue weighted by Crippen LogP contribution is -2.72. The van der Waals surface area contributed by atoms with Crippen LogP contribution in [0.3, 0.4) is 0 Å². The van der Waals surface area contributed by atoms with Gasteiger partial charge in [-0.15, -0.1) is 0 Å². The minimum atomic E-state index is -9.50. The van der Waals surface area contributed by atoms with Crippen LogP contribution in [0.25, 0.3) is 11.7 Å². The number of rotatable bonds is 16. The van der Waals surface area contributed by atoms with Crippen LogP contribution in [-0.4, -0.2) is 83.4 Å². The number of halogens is 42. The molecule has 0 amide bonds. The molecule has 1 nitrogen and oxygen atoms in total. The van der Waals surface area contributed by atoms with Crippen molar-refractivity contribution < 1.29 is 189 Å². The standard InChI is InChI=1S/C30F42O/c31-3-1(5(33)15(41)17(43,44)19(47,48)21(51,52)23(55,56)25(59,60)27(63,64)29(67,68)69)13(11(39)9(37)7(3)35)73-14-2(4(32)8(36)10(38)12(14)40)6(34)16(42)18(45,46)20(49,50)22(53,54)24(57,58)26(61,62)28(65,66)30(70,71)72. The molecule has 0 aliphatic carbocycles. The summed E-state index contributed by atoms with van der Waals surface area (Å²) in [5.41, 5.74) is -8.99. The lowest BCUT2D eigenvalue weighted by molar-refractivity contribution is -0.450. The Hall–Kier alpha value is -5.22. The Morgan fingerprint density at radius 1 is 0.233 bits per heavy atom. The number of hydrogen-bond donors (Lipinski definition) is 0. The molecule has 0 atom stereocenters. The van der Waals surface area contributed by atoms with E-state index in [2.05, 4.69) is 4.74 Å². The Labute approximate surface area is 366 Å². The van der Waals surface area contributed by atoms with Crippen LogP contribution in [0, 0.1) is 46.5 Å². The molecule has 420 valence electrons. The highest BCUT2D eigenvalue weighted by molar-refractivity contribution is 5.73. The van der Waals surface area contributed by atoms with Gasteiger partial charge >= 0.3 is 83.4 Å². The summed E-state index contributed by atoms with van der Waals surface area (Å²) in [6.45, 7) is 0. The van der Waals surface area contributed by atoms with Crippen LogP contribution in [0.1, 0.15) is 11.1 Å². The molecule has 2 rings (SSSR count). The van der Waals surface area contributed by atoms with E-state index in [4.69, 9.17) is 0 Å². The molecule has 0 bridgehead atoms. The van der Waals surface area contributed by atoms with E-state index in [1.54, 1.807) is 0 Å².